The van der Waals surface area contributed by atoms with Crippen LogP contribution in [0.15, 0.2) is 52.1 Å². The number of aromatic amines is 1. The number of nitrogens with one attached hydrogen (secondary N) is 2. The van der Waals surface area contributed by atoms with Crippen molar-refractivity contribution in [3.63, 3.8) is 0 Å². The first-order valence-electron chi connectivity index (χ1n) is 7.42. The Morgan fingerprint density at radius 1 is 1.12 bits per heavy atom. The average molecular weight is 345 g/mol. The molecule has 1 aromatic heterocycles. The zero-order valence-corrected chi connectivity index (χ0v) is 12.9. The third kappa shape index (κ3) is 3.47. The molecule has 0 aliphatic rings. The van der Waals surface area contributed by atoms with E-state index in [2.05, 4.69) is 10.3 Å². The van der Waals surface area contributed by atoms with E-state index >= 15 is 0 Å². The van der Waals surface area contributed by atoms with Crippen molar-refractivity contribution in [1.82, 2.24) is 9.55 Å². The lowest BCUT2D eigenvalue weighted by Gasteiger charge is -2.08. The number of nitrogens with zero attached hydrogens (tertiary/aromatic N) is 1. The maximum Gasteiger partial charge on any atom is 0.328 e. The summed E-state index contributed by atoms with van der Waals surface area (Å²) in [6.45, 7) is -0.173. The van der Waals surface area contributed by atoms with E-state index in [4.69, 9.17) is 0 Å². The van der Waals surface area contributed by atoms with Gasteiger partial charge in [0.15, 0.2) is 0 Å². The van der Waals surface area contributed by atoms with Crippen molar-refractivity contribution in [2.45, 2.75) is 13.0 Å². The Morgan fingerprint density at radius 2 is 1.88 bits per heavy atom. The summed E-state index contributed by atoms with van der Waals surface area (Å²) in [4.78, 5) is 38.8. The number of hydrogen-bond donors (Lipinski definition) is 2. The molecule has 0 saturated carbocycles. The number of H-pyrrole nitrogens is 1. The van der Waals surface area contributed by atoms with Gasteiger partial charge in [0.05, 0.1) is 16.6 Å². The highest BCUT2D eigenvalue weighted by molar-refractivity contribution is 5.90. The minimum atomic E-state index is -0.908. The fourth-order valence-corrected chi connectivity index (χ4v) is 2.42. The maximum atomic E-state index is 13.5. The number of halogens is 2. The van der Waals surface area contributed by atoms with Crippen LogP contribution in [0.2, 0.25) is 0 Å². The number of anilines is 1. The van der Waals surface area contributed by atoms with Gasteiger partial charge in [-0.3, -0.25) is 14.2 Å². The van der Waals surface area contributed by atoms with Crippen molar-refractivity contribution in [2.75, 3.05) is 5.32 Å². The van der Waals surface area contributed by atoms with Crippen LogP contribution in [0, 0.1) is 11.6 Å². The van der Waals surface area contributed by atoms with E-state index in [9.17, 15) is 23.2 Å². The van der Waals surface area contributed by atoms with Crippen LogP contribution in [0.1, 0.15) is 6.42 Å². The molecule has 2 aromatic carbocycles. The molecule has 1 amide bonds. The molecule has 8 heteroatoms. The van der Waals surface area contributed by atoms with Crippen molar-refractivity contribution in [1.29, 1.82) is 0 Å². The molecular weight excluding hydrogens is 332 g/mol. The van der Waals surface area contributed by atoms with Gasteiger partial charge in [-0.1, -0.05) is 12.1 Å². The van der Waals surface area contributed by atoms with Crippen LogP contribution in [0.25, 0.3) is 10.9 Å². The Bertz CT molecular complexity index is 1070. The van der Waals surface area contributed by atoms with Crippen molar-refractivity contribution < 1.29 is 13.6 Å². The van der Waals surface area contributed by atoms with Gasteiger partial charge in [-0.2, -0.15) is 0 Å². The number of rotatable bonds is 4. The Morgan fingerprint density at radius 3 is 2.64 bits per heavy atom. The average Bonchev–Trinajstić information content (AvgIpc) is 2.57. The molecule has 1 heterocycles. The zero-order valence-electron chi connectivity index (χ0n) is 12.9. The van der Waals surface area contributed by atoms with Gasteiger partial charge < -0.3 is 10.3 Å². The van der Waals surface area contributed by atoms with Crippen molar-refractivity contribution in [2.24, 2.45) is 0 Å². The quantitative estimate of drug-likeness (QED) is 0.758. The molecular formula is C17H13F2N3O3. The minimum absolute atomic E-state index is 0.173. The minimum Gasteiger partial charge on any atom is -0.324 e. The van der Waals surface area contributed by atoms with E-state index in [-0.39, 0.29) is 18.7 Å². The van der Waals surface area contributed by atoms with Gasteiger partial charge in [0, 0.05) is 19.0 Å². The molecule has 0 fully saturated rings. The fourth-order valence-electron chi connectivity index (χ4n) is 2.42. The summed E-state index contributed by atoms with van der Waals surface area (Å²) in [6.07, 6.45) is -0.224. The molecule has 0 radical (unpaired) electrons. The van der Waals surface area contributed by atoms with Gasteiger partial charge in [-0.05, 0) is 24.3 Å². The topological polar surface area (TPSA) is 84.0 Å². The first-order valence-corrected chi connectivity index (χ1v) is 7.42. The lowest BCUT2D eigenvalue weighted by Crippen LogP contribution is -2.36. The van der Waals surface area contributed by atoms with Crippen LogP contribution in [0.5, 0.6) is 0 Å². The van der Waals surface area contributed by atoms with E-state index in [0.29, 0.717) is 17.0 Å². The Hall–Kier alpha value is -3.29. The Kier molecular flexibility index (Phi) is 4.42. The van der Waals surface area contributed by atoms with Gasteiger partial charge >= 0.3 is 5.69 Å². The SMILES string of the molecule is O=C(CCn1c(=O)[nH]c2ccccc2c1=O)Nc1ccc(F)cc1F. The third-order valence-corrected chi connectivity index (χ3v) is 3.66. The Labute approximate surface area is 139 Å². The first-order chi connectivity index (χ1) is 12.0. The summed E-state index contributed by atoms with van der Waals surface area (Å²) < 4.78 is 27.3. The van der Waals surface area contributed by atoms with E-state index in [1.807, 2.05) is 0 Å². The molecule has 0 atom stereocenters. The van der Waals surface area contributed by atoms with Crippen LogP contribution in [0.3, 0.4) is 0 Å². The largest absolute Gasteiger partial charge is 0.328 e. The second-order valence-corrected chi connectivity index (χ2v) is 5.35. The van der Waals surface area contributed by atoms with Crippen LogP contribution in [0.4, 0.5) is 14.5 Å². The number of aromatic nitrogens is 2. The number of para-hydroxylation sites is 1. The molecule has 0 aliphatic carbocycles. The molecule has 6 nitrogen and oxygen atoms in total. The van der Waals surface area contributed by atoms with Gasteiger partial charge in [-0.25, -0.2) is 13.6 Å². The van der Waals surface area contributed by atoms with Crippen LogP contribution >= 0.6 is 0 Å². The molecule has 128 valence electrons. The van der Waals surface area contributed by atoms with Gasteiger partial charge in [0.25, 0.3) is 5.56 Å². The smallest absolute Gasteiger partial charge is 0.324 e. The summed E-state index contributed by atoms with van der Waals surface area (Å²) in [7, 11) is 0. The van der Waals surface area contributed by atoms with Gasteiger partial charge in [0.2, 0.25) is 5.91 Å². The van der Waals surface area contributed by atoms with Crippen molar-refractivity contribution >= 4 is 22.5 Å². The van der Waals surface area contributed by atoms with Gasteiger partial charge in [0.1, 0.15) is 11.6 Å². The van der Waals surface area contributed by atoms with E-state index in [1.54, 1.807) is 24.3 Å². The summed E-state index contributed by atoms with van der Waals surface area (Å²) in [6, 6.07) is 9.27. The number of benzene rings is 2. The lowest BCUT2D eigenvalue weighted by molar-refractivity contribution is -0.116. The van der Waals surface area contributed by atoms with Crippen LogP contribution in [-0.4, -0.2) is 15.5 Å². The molecule has 3 rings (SSSR count). The van der Waals surface area contributed by atoms with E-state index in [0.717, 1.165) is 16.7 Å². The van der Waals surface area contributed by atoms with E-state index in [1.165, 1.54) is 0 Å². The fraction of sp³-hybridized carbons (Fsp3) is 0.118. The summed E-state index contributed by atoms with van der Waals surface area (Å²) in [5.74, 6) is -2.27. The van der Waals surface area contributed by atoms with Crippen molar-refractivity contribution in [3.8, 4) is 0 Å². The third-order valence-electron chi connectivity index (χ3n) is 3.66. The zero-order chi connectivity index (χ0) is 18.0. The second kappa shape index (κ2) is 6.68. The first kappa shape index (κ1) is 16.6. The monoisotopic (exact) mass is 345 g/mol. The summed E-state index contributed by atoms with van der Waals surface area (Å²) in [5.41, 5.74) is -0.915. The predicted octanol–water partition coefficient (Wildman–Crippen LogP) is 2.00. The molecule has 0 saturated heterocycles. The van der Waals surface area contributed by atoms with Crippen LogP contribution < -0.4 is 16.6 Å². The standard InChI is InChI=1S/C17H13F2N3O3/c18-10-5-6-14(12(19)9-10)20-15(23)7-8-22-16(24)11-3-1-2-4-13(11)21-17(22)25/h1-6,9H,7-8H2,(H,20,23)(H,21,25). The lowest BCUT2D eigenvalue weighted by atomic mass is 10.2. The van der Waals surface area contributed by atoms with E-state index < -0.39 is 28.8 Å². The summed E-state index contributed by atoms with van der Waals surface area (Å²) in [5, 5.41) is 2.60. The molecule has 2 N–H and O–H groups in total. The number of fused-ring (bicyclic) bond motifs is 1. The van der Waals surface area contributed by atoms with Crippen LogP contribution in [-0.2, 0) is 11.3 Å². The highest BCUT2D eigenvalue weighted by atomic mass is 19.1. The number of hydrogen-bond acceptors (Lipinski definition) is 3. The summed E-state index contributed by atoms with van der Waals surface area (Å²) >= 11 is 0. The number of carbonyl (C=O) groups excluding carboxylic acids is 1. The highest BCUT2D eigenvalue weighted by Crippen LogP contribution is 2.15. The molecule has 0 unspecified atom stereocenters. The molecule has 0 aliphatic heterocycles. The number of amides is 1. The molecule has 0 spiro atoms. The Balaban J connectivity index is 1.77. The highest BCUT2D eigenvalue weighted by Gasteiger charge is 2.11. The normalized spacial score (nSPS) is 10.8. The number of carbonyl (C=O) groups is 1. The second-order valence-electron chi connectivity index (χ2n) is 5.35. The molecule has 3 aromatic rings. The maximum absolute atomic E-state index is 13.5. The van der Waals surface area contributed by atoms with Crippen molar-refractivity contribution in [3.05, 3.63) is 74.9 Å². The predicted molar refractivity (Wildman–Crippen MR) is 88.4 cm³/mol. The molecule has 25 heavy (non-hydrogen) atoms. The molecule has 0 bridgehead atoms. The van der Waals surface area contributed by atoms with Gasteiger partial charge in [-0.15, -0.1) is 0 Å².